The smallest absolute Gasteiger partial charge is 0.342 e. The van der Waals surface area contributed by atoms with Crippen molar-refractivity contribution in [1.82, 2.24) is 9.80 Å². The summed E-state index contributed by atoms with van der Waals surface area (Å²) in [5.74, 6) is -0.273. The van der Waals surface area contributed by atoms with Gasteiger partial charge in [-0.25, -0.2) is 0 Å². The molecule has 0 bridgehead atoms. The third-order valence-electron chi connectivity index (χ3n) is 3.74. The molecule has 6 heteroatoms. The molecule has 1 saturated carbocycles. The van der Waals surface area contributed by atoms with E-state index in [4.69, 9.17) is 0 Å². The minimum absolute atomic E-state index is 0.148. The number of likely N-dealkylation sites (N-methyl/N-ethyl adjacent to an activating group) is 2. The van der Waals surface area contributed by atoms with Crippen LogP contribution in [-0.2, 0) is 4.79 Å². The number of hydrogen-bond acceptors (Lipinski definition) is 2. The number of rotatable bonds is 5. The van der Waals surface area contributed by atoms with Crippen LogP contribution in [0.4, 0.5) is 13.2 Å². The fourth-order valence-corrected chi connectivity index (χ4v) is 2.41. The van der Waals surface area contributed by atoms with E-state index in [1.54, 1.807) is 30.1 Å². The Morgan fingerprint density at radius 2 is 1.81 bits per heavy atom. The van der Waals surface area contributed by atoms with Crippen LogP contribution in [-0.4, -0.2) is 48.6 Å². The van der Waals surface area contributed by atoms with E-state index in [1.807, 2.05) is 0 Å². The van der Waals surface area contributed by atoms with Crippen molar-refractivity contribution in [2.45, 2.75) is 31.1 Å². The Bertz CT molecular complexity index is 485. The molecular weight excluding hydrogens is 281 g/mol. The number of hydrogen-bond donors (Lipinski definition) is 0. The number of carbonyl (C=O) groups is 1. The highest BCUT2D eigenvalue weighted by Gasteiger charge is 2.44. The van der Waals surface area contributed by atoms with Crippen molar-refractivity contribution in [1.29, 1.82) is 0 Å². The Labute approximate surface area is 122 Å². The number of nitrogens with zero attached hydrogens (tertiary/aromatic N) is 2. The van der Waals surface area contributed by atoms with Crippen LogP contribution in [0.15, 0.2) is 30.3 Å². The van der Waals surface area contributed by atoms with E-state index in [0.29, 0.717) is 0 Å². The first-order chi connectivity index (χ1) is 9.80. The van der Waals surface area contributed by atoms with E-state index in [9.17, 15) is 18.0 Å². The summed E-state index contributed by atoms with van der Waals surface area (Å²) in [6, 6.07) is 6.11. The number of benzene rings is 1. The fraction of sp³-hybridized carbons (Fsp3) is 0.533. The van der Waals surface area contributed by atoms with Crippen LogP contribution in [0, 0.1) is 0 Å². The summed E-state index contributed by atoms with van der Waals surface area (Å²) in [6.45, 7) is -0.244. The lowest BCUT2D eigenvalue weighted by molar-refractivity contribution is -0.184. The van der Waals surface area contributed by atoms with E-state index in [2.05, 4.69) is 0 Å². The summed E-state index contributed by atoms with van der Waals surface area (Å²) >= 11 is 0. The quantitative estimate of drug-likeness (QED) is 0.835. The molecule has 21 heavy (non-hydrogen) atoms. The summed E-state index contributed by atoms with van der Waals surface area (Å²) in [4.78, 5) is 14.6. The van der Waals surface area contributed by atoms with Gasteiger partial charge in [0.15, 0.2) is 0 Å². The highest BCUT2D eigenvalue weighted by Crippen LogP contribution is 2.37. The molecule has 1 aromatic rings. The SMILES string of the molecule is CN(C(=O)CN(C)[C@H](c1ccccc1)C(F)(F)F)C1CC1. The van der Waals surface area contributed by atoms with Crippen LogP contribution >= 0.6 is 0 Å². The Morgan fingerprint density at radius 3 is 2.29 bits per heavy atom. The molecule has 0 radical (unpaired) electrons. The van der Waals surface area contributed by atoms with Crippen molar-refractivity contribution < 1.29 is 18.0 Å². The lowest BCUT2D eigenvalue weighted by Gasteiger charge is -2.31. The lowest BCUT2D eigenvalue weighted by atomic mass is 10.1. The zero-order valence-corrected chi connectivity index (χ0v) is 12.1. The number of halogens is 3. The fourth-order valence-electron chi connectivity index (χ4n) is 2.41. The summed E-state index contributed by atoms with van der Waals surface area (Å²) in [7, 11) is 2.99. The maximum Gasteiger partial charge on any atom is 0.408 e. The largest absolute Gasteiger partial charge is 0.408 e. The van der Waals surface area contributed by atoms with E-state index in [0.717, 1.165) is 17.7 Å². The molecule has 1 aromatic carbocycles. The van der Waals surface area contributed by atoms with Gasteiger partial charge < -0.3 is 4.90 Å². The monoisotopic (exact) mass is 300 g/mol. The predicted octanol–water partition coefficient (Wildman–Crippen LogP) is 2.84. The lowest BCUT2D eigenvalue weighted by Crippen LogP contribution is -2.43. The molecule has 1 aliphatic carbocycles. The first-order valence-corrected chi connectivity index (χ1v) is 6.88. The molecular formula is C15H19F3N2O. The average Bonchev–Trinajstić information content (AvgIpc) is 3.21. The summed E-state index contributed by atoms with van der Waals surface area (Å²) in [5, 5.41) is 0. The van der Waals surface area contributed by atoms with Crippen molar-refractivity contribution in [2.24, 2.45) is 0 Å². The molecule has 0 unspecified atom stereocenters. The first-order valence-electron chi connectivity index (χ1n) is 6.88. The zero-order chi connectivity index (χ0) is 15.6. The molecule has 1 atom stereocenters. The molecule has 0 aliphatic heterocycles. The minimum atomic E-state index is -4.42. The second-order valence-electron chi connectivity index (χ2n) is 5.51. The second kappa shape index (κ2) is 6.05. The van der Waals surface area contributed by atoms with Crippen molar-refractivity contribution in [3.05, 3.63) is 35.9 Å². The minimum Gasteiger partial charge on any atom is -0.342 e. The van der Waals surface area contributed by atoms with Crippen LogP contribution in [0.5, 0.6) is 0 Å². The summed E-state index contributed by atoms with van der Waals surface area (Å²) < 4.78 is 39.9. The highest BCUT2D eigenvalue weighted by molar-refractivity contribution is 5.78. The van der Waals surface area contributed by atoms with Crippen LogP contribution in [0.25, 0.3) is 0 Å². The second-order valence-corrected chi connectivity index (χ2v) is 5.51. The van der Waals surface area contributed by atoms with Gasteiger partial charge in [-0.1, -0.05) is 30.3 Å². The average molecular weight is 300 g/mol. The molecule has 3 nitrogen and oxygen atoms in total. The van der Waals surface area contributed by atoms with E-state index in [1.165, 1.54) is 19.2 Å². The molecule has 0 aromatic heterocycles. The van der Waals surface area contributed by atoms with Gasteiger partial charge in [0.05, 0.1) is 6.54 Å². The van der Waals surface area contributed by atoms with Gasteiger partial charge in [0.25, 0.3) is 0 Å². The molecule has 0 spiro atoms. The topological polar surface area (TPSA) is 23.6 Å². The summed E-state index contributed by atoms with van der Waals surface area (Å²) in [5.41, 5.74) is 0.148. The molecule has 1 amide bonds. The van der Waals surface area contributed by atoms with Crippen molar-refractivity contribution in [3.63, 3.8) is 0 Å². The Balaban J connectivity index is 2.11. The number of amides is 1. The maximum atomic E-state index is 13.3. The van der Waals surface area contributed by atoms with Crippen LogP contribution in [0.2, 0.25) is 0 Å². The molecule has 1 fully saturated rings. The first kappa shape index (κ1) is 15.8. The molecule has 0 N–H and O–H groups in total. The molecule has 116 valence electrons. The van der Waals surface area contributed by atoms with Crippen molar-refractivity contribution >= 4 is 5.91 Å². The van der Waals surface area contributed by atoms with Crippen LogP contribution in [0.1, 0.15) is 24.4 Å². The van der Waals surface area contributed by atoms with Crippen molar-refractivity contribution in [3.8, 4) is 0 Å². The zero-order valence-electron chi connectivity index (χ0n) is 12.1. The molecule has 0 saturated heterocycles. The van der Waals surface area contributed by atoms with Crippen LogP contribution in [0.3, 0.4) is 0 Å². The molecule has 0 heterocycles. The highest BCUT2D eigenvalue weighted by atomic mass is 19.4. The third kappa shape index (κ3) is 3.97. The van der Waals surface area contributed by atoms with Gasteiger partial charge in [-0.15, -0.1) is 0 Å². The number of alkyl halides is 3. The van der Waals surface area contributed by atoms with Gasteiger partial charge in [0.2, 0.25) is 5.91 Å². The molecule has 2 rings (SSSR count). The van der Waals surface area contributed by atoms with Gasteiger partial charge in [0.1, 0.15) is 6.04 Å². The van der Waals surface area contributed by atoms with Gasteiger partial charge in [0, 0.05) is 13.1 Å². The van der Waals surface area contributed by atoms with Gasteiger partial charge in [-0.05, 0) is 25.5 Å². The van der Waals surface area contributed by atoms with Gasteiger partial charge >= 0.3 is 6.18 Å². The van der Waals surface area contributed by atoms with Crippen LogP contribution < -0.4 is 0 Å². The molecule has 1 aliphatic rings. The number of carbonyl (C=O) groups excluding carboxylic acids is 1. The Kier molecular flexibility index (Phi) is 4.56. The standard InChI is InChI=1S/C15H19F3N2O/c1-19(10-13(21)20(2)12-8-9-12)14(15(16,17)18)11-6-4-3-5-7-11/h3-7,12,14H,8-10H2,1-2H3/t14-/m1/s1. The van der Waals surface area contributed by atoms with Gasteiger partial charge in [-0.2, -0.15) is 13.2 Å². The summed E-state index contributed by atoms with van der Waals surface area (Å²) in [6.07, 6.45) is -2.55. The van der Waals surface area contributed by atoms with E-state index in [-0.39, 0.29) is 24.1 Å². The third-order valence-corrected chi connectivity index (χ3v) is 3.74. The van der Waals surface area contributed by atoms with Crippen molar-refractivity contribution in [2.75, 3.05) is 20.6 Å². The normalized spacial score (nSPS) is 16.9. The predicted molar refractivity (Wildman–Crippen MR) is 73.7 cm³/mol. The van der Waals surface area contributed by atoms with E-state index < -0.39 is 12.2 Å². The van der Waals surface area contributed by atoms with Gasteiger partial charge in [-0.3, -0.25) is 9.69 Å². The van der Waals surface area contributed by atoms with E-state index >= 15 is 0 Å². The Hall–Kier alpha value is -1.56. The Morgan fingerprint density at radius 1 is 1.24 bits per heavy atom. The maximum absolute atomic E-state index is 13.3.